The van der Waals surface area contributed by atoms with Crippen LogP contribution in [0.25, 0.3) is 0 Å². The first-order valence-electron chi connectivity index (χ1n) is 6.87. The number of carbonyl (C=O) groups is 1. The molecule has 0 aliphatic carbocycles. The molecule has 6 heteroatoms. The van der Waals surface area contributed by atoms with Crippen LogP contribution in [0.2, 0.25) is 5.02 Å². The van der Waals surface area contributed by atoms with Gasteiger partial charge in [0.05, 0.1) is 19.8 Å². The van der Waals surface area contributed by atoms with Crippen molar-refractivity contribution in [3.05, 3.63) is 56.1 Å². The number of rotatable bonds is 5. The Morgan fingerprint density at radius 2 is 1.83 bits per heavy atom. The lowest BCUT2D eigenvalue weighted by Gasteiger charge is -2.19. The molecule has 0 aliphatic heterocycles. The Hall–Kier alpha value is -1.47. The number of amides is 1. The summed E-state index contributed by atoms with van der Waals surface area (Å²) < 4.78 is 11.4. The van der Waals surface area contributed by atoms with Gasteiger partial charge in [-0.3, -0.25) is 4.79 Å². The van der Waals surface area contributed by atoms with E-state index in [0.717, 1.165) is 9.13 Å². The fourth-order valence-corrected chi connectivity index (χ4v) is 2.93. The molecule has 0 unspecified atom stereocenters. The monoisotopic (exact) mass is 445 g/mol. The third-order valence-corrected chi connectivity index (χ3v) is 4.55. The molecule has 0 aliphatic rings. The Labute approximate surface area is 154 Å². The average molecular weight is 446 g/mol. The van der Waals surface area contributed by atoms with E-state index in [1.165, 1.54) is 0 Å². The van der Waals surface area contributed by atoms with E-state index in [4.69, 9.17) is 21.1 Å². The standard InChI is InChI=1S/C17H17ClINO3/c1-20(17(21)13-9-12(18)5-6-14(13)19)10-11-4-7-15(22-2)16(8-11)23-3/h4-9H,10H2,1-3H3. The predicted molar refractivity (Wildman–Crippen MR) is 99.5 cm³/mol. The molecule has 2 aromatic rings. The number of methoxy groups -OCH3 is 2. The molecule has 0 bridgehead atoms. The minimum atomic E-state index is -0.0771. The molecule has 0 aromatic heterocycles. The van der Waals surface area contributed by atoms with Crippen LogP contribution in [-0.2, 0) is 6.54 Å². The van der Waals surface area contributed by atoms with E-state index in [1.807, 2.05) is 24.3 Å². The van der Waals surface area contributed by atoms with Gasteiger partial charge in [0.2, 0.25) is 0 Å². The maximum absolute atomic E-state index is 12.6. The smallest absolute Gasteiger partial charge is 0.255 e. The molecule has 23 heavy (non-hydrogen) atoms. The van der Waals surface area contributed by atoms with Crippen molar-refractivity contribution in [1.29, 1.82) is 0 Å². The highest BCUT2D eigenvalue weighted by Crippen LogP contribution is 2.28. The summed E-state index contributed by atoms with van der Waals surface area (Å²) >= 11 is 8.13. The second-order valence-corrected chi connectivity index (χ2v) is 6.57. The summed E-state index contributed by atoms with van der Waals surface area (Å²) in [5.74, 6) is 1.23. The normalized spacial score (nSPS) is 10.3. The largest absolute Gasteiger partial charge is 0.493 e. The number of hydrogen-bond acceptors (Lipinski definition) is 3. The minimum absolute atomic E-state index is 0.0771. The Kier molecular flexibility index (Phi) is 6.12. The number of benzene rings is 2. The maximum Gasteiger partial charge on any atom is 0.255 e. The Bertz CT molecular complexity index is 721. The van der Waals surface area contributed by atoms with Gasteiger partial charge in [-0.2, -0.15) is 0 Å². The summed E-state index contributed by atoms with van der Waals surface area (Å²) in [4.78, 5) is 14.3. The van der Waals surface area contributed by atoms with Gasteiger partial charge in [-0.15, -0.1) is 0 Å². The zero-order valence-corrected chi connectivity index (χ0v) is 16.0. The number of ether oxygens (including phenoxy) is 2. The van der Waals surface area contributed by atoms with E-state index < -0.39 is 0 Å². The number of carbonyl (C=O) groups excluding carboxylic acids is 1. The molecule has 0 spiro atoms. The summed E-state index contributed by atoms with van der Waals surface area (Å²) in [6.07, 6.45) is 0. The highest BCUT2D eigenvalue weighted by Gasteiger charge is 2.16. The molecular formula is C17H17ClINO3. The van der Waals surface area contributed by atoms with Gasteiger partial charge in [-0.25, -0.2) is 0 Å². The van der Waals surface area contributed by atoms with Crippen LogP contribution >= 0.6 is 34.2 Å². The maximum atomic E-state index is 12.6. The molecule has 0 radical (unpaired) electrons. The summed E-state index contributed by atoms with van der Waals surface area (Å²) in [7, 11) is 4.94. The molecule has 4 nitrogen and oxygen atoms in total. The molecular weight excluding hydrogens is 429 g/mol. The first kappa shape index (κ1) is 17.9. The van der Waals surface area contributed by atoms with Crippen LogP contribution in [0.15, 0.2) is 36.4 Å². The van der Waals surface area contributed by atoms with Crippen LogP contribution < -0.4 is 9.47 Å². The van der Waals surface area contributed by atoms with Gasteiger partial charge in [0, 0.05) is 22.2 Å². The van der Waals surface area contributed by atoms with Gasteiger partial charge in [-0.1, -0.05) is 17.7 Å². The lowest BCUT2D eigenvalue weighted by molar-refractivity contribution is 0.0784. The summed E-state index contributed by atoms with van der Waals surface area (Å²) in [6, 6.07) is 10.9. The van der Waals surface area contributed by atoms with Crippen molar-refractivity contribution in [3.63, 3.8) is 0 Å². The molecule has 1 amide bonds. The average Bonchev–Trinajstić information content (AvgIpc) is 2.56. The van der Waals surface area contributed by atoms with Crippen molar-refractivity contribution in [2.45, 2.75) is 6.54 Å². The minimum Gasteiger partial charge on any atom is -0.493 e. The van der Waals surface area contributed by atoms with Crippen molar-refractivity contribution in [2.24, 2.45) is 0 Å². The van der Waals surface area contributed by atoms with Gasteiger partial charge in [0.25, 0.3) is 5.91 Å². The molecule has 122 valence electrons. The van der Waals surface area contributed by atoms with Crippen molar-refractivity contribution >= 4 is 40.1 Å². The lowest BCUT2D eigenvalue weighted by Crippen LogP contribution is -2.27. The second-order valence-electron chi connectivity index (χ2n) is 4.97. The molecule has 0 heterocycles. The molecule has 2 aromatic carbocycles. The van der Waals surface area contributed by atoms with E-state index in [1.54, 1.807) is 38.3 Å². The van der Waals surface area contributed by atoms with Crippen molar-refractivity contribution in [3.8, 4) is 11.5 Å². The third-order valence-electron chi connectivity index (χ3n) is 3.37. The number of halogens is 2. The quantitative estimate of drug-likeness (QED) is 0.647. The van der Waals surface area contributed by atoms with Gasteiger partial charge < -0.3 is 14.4 Å². The van der Waals surface area contributed by atoms with Crippen LogP contribution in [0, 0.1) is 3.57 Å². The highest BCUT2D eigenvalue weighted by molar-refractivity contribution is 14.1. The molecule has 0 N–H and O–H groups in total. The van der Waals surface area contributed by atoms with E-state index in [0.29, 0.717) is 28.6 Å². The van der Waals surface area contributed by atoms with Crippen molar-refractivity contribution in [2.75, 3.05) is 21.3 Å². The van der Waals surface area contributed by atoms with Crippen molar-refractivity contribution < 1.29 is 14.3 Å². The SMILES string of the molecule is COc1ccc(CN(C)C(=O)c2cc(Cl)ccc2I)cc1OC. The molecule has 2 rings (SSSR count). The molecule has 0 saturated carbocycles. The van der Waals surface area contributed by atoms with Gasteiger partial charge in [0.15, 0.2) is 11.5 Å². The molecule has 0 fully saturated rings. The fraction of sp³-hybridized carbons (Fsp3) is 0.235. The first-order chi connectivity index (χ1) is 11.0. The van der Waals surface area contributed by atoms with Gasteiger partial charge in [0.1, 0.15) is 0 Å². The lowest BCUT2D eigenvalue weighted by atomic mass is 10.1. The Balaban J connectivity index is 2.19. The Morgan fingerprint density at radius 1 is 1.13 bits per heavy atom. The van der Waals surface area contributed by atoms with Crippen LogP contribution in [0.4, 0.5) is 0 Å². The van der Waals surface area contributed by atoms with E-state index in [9.17, 15) is 4.79 Å². The third kappa shape index (κ3) is 4.29. The first-order valence-corrected chi connectivity index (χ1v) is 8.33. The van der Waals surface area contributed by atoms with Crippen LogP contribution in [0.1, 0.15) is 15.9 Å². The van der Waals surface area contributed by atoms with Gasteiger partial charge >= 0.3 is 0 Å². The summed E-state index contributed by atoms with van der Waals surface area (Å²) in [5, 5.41) is 0.549. The zero-order valence-electron chi connectivity index (χ0n) is 13.1. The van der Waals surface area contributed by atoms with Gasteiger partial charge in [-0.05, 0) is 58.5 Å². The van der Waals surface area contributed by atoms with E-state index in [-0.39, 0.29) is 5.91 Å². The highest BCUT2D eigenvalue weighted by atomic mass is 127. The Morgan fingerprint density at radius 3 is 2.48 bits per heavy atom. The topological polar surface area (TPSA) is 38.8 Å². The van der Waals surface area contributed by atoms with Crippen LogP contribution in [0.3, 0.4) is 0 Å². The fourth-order valence-electron chi connectivity index (χ4n) is 2.19. The predicted octanol–water partition coefficient (Wildman–Crippen LogP) is 4.23. The molecule has 0 atom stereocenters. The second kappa shape index (κ2) is 7.88. The van der Waals surface area contributed by atoms with Crippen LogP contribution in [0.5, 0.6) is 11.5 Å². The van der Waals surface area contributed by atoms with E-state index >= 15 is 0 Å². The number of hydrogen-bond donors (Lipinski definition) is 0. The van der Waals surface area contributed by atoms with Crippen LogP contribution in [-0.4, -0.2) is 32.1 Å². The number of nitrogens with zero attached hydrogens (tertiary/aromatic N) is 1. The van der Waals surface area contributed by atoms with Crippen molar-refractivity contribution in [1.82, 2.24) is 4.90 Å². The molecule has 0 saturated heterocycles. The summed E-state index contributed by atoms with van der Waals surface area (Å²) in [6.45, 7) is 0.460. The van der Waals surface area contributed by atoms with E-state index in [2.05, 4.69) is 22.6 Å². The zero-order chi connectivity index (χ0) is 17.0. The summed E-state index contributed by atoms with van der Waals surface area (Å²) in [5.41, 5.74) is 1.55.